The van der Waals surface area contributed by atoms with E-state index in [0.717, 1.165) is 23.8 Å². The van der Waals surface area contributed by atoms with Gasteiger partial charge in [0.2, 0.25) is 0 Å². The van der Waals surface area contributed by atoms with E-state index in [9.17, 15) is 0 Å². The molecule has 0 aliphatic carbocycles. The average Bonchev–Trinajstić information content (AvgIpc) is 2.59. The number of nitrogens with zero attached hydrogens (tertiary/aromatic N) is 3. The highest BCUT2D eigenvalue weighted by Crippen LogP contribution is 2.06. The monoisotopic (exact) mass is 219 g/mol. The van der Waals surface area contributed by atoms with E-state index in [1.165, 1.54) is 0 Å². The molecule has 1 aliphatic heterocycles. The molecule has 3 nitrogen and oxygen atoms in total. The van der Waals surface area contributed by atoms with Crippen LogP contribution in [0.15, 0.2) is 35.4 Å². The smallest absolute Gasteiger partial charge is 0.192 e. The average molecular weight is 219 g/mol. The van der Waals surface area contributed by atoms with Gasteiger partial charge in [-0.2, -0.15) is 5.10 Å². The van der Waals surface area contributed by atoms with Crippen LogP contribution in [0.25, 0.3) is 0 Å². The van der Waals surface area contributed by atoms with E-state index < -0.39 is 0 Å². The molecule has 1 aliphatic rings. The SMILES string of the molecule is CN1CCN(/N=C/c2ccccc2)C1=S. The van der Waals surface area contributed by atoms with Gasteiger partial charge in [-0.25, -0.2) is 5.01 Å². The van der Waals surface area contributed by atoms with Crippen molar-refractivity contribution in [1.29, 1.82) is 0 Å². The Morgan fingerprint density at radius 3 is 2.60 bits per heavy atom. The van der Waals surface area contributed by atoms with Gasteiger partial charge in [-0.15, -0.1) is 0 Å². The summed E-state index contributed by atoms with van der Waals surface area (Å²) in [4.78, 5) is 2.03. The number of hydrazone groups is 1. The number of benzene rings is 1. The summed E-state index contributed by atoms with van der Waals surface area (Å²) in [6.07, 6.45) is 1.84. The molecule has 0 unspecified atom stereocenters. The first-order chi connectivity index (χ1) is 7.27. The molecule has 1 saturated heterocycles. The highest BCUT2D eigenvalue weighted by atomic mass is 32.1. The molecular weight excluding hydrogens is 206 g/mol. The third kappa shape index (κ3) is 2.33. The predicted octanol–water partition coefficient (Wildman–Crippen LogP) is 1.55. The summed E-state index contributed by atoms with van der Waals surface area (Å²) in [5.41, 5.74) is 1.09. The number of rotatable bonds is 2. The van der Waals surface area contributed by atoms with Crippen molar-refractivity contribution in [2.45, 2.75) is 0 Å². The zero-order chi connectivity index (χ0) is 10.7. The molecule has 2 rings (SSSR count). The molecule has 1 fully saturated rings. The third-order valence-electron chi connectivity index (χ3n) is 2.34. The zero-order valence-corrected chi connectivity index (χ0v) is 9.44. The van der Waals surface area contributed by atoms with Crippen molar-refractivity contribution < 1.29 is 0 Å². The molecule has 1 heterocycles. The van der Waals surface area contributed by atoms with Crippen LogP contribution in [0, 0.1) is 0 Å². The maximum Gasteiger partial charge on any atom is 0.192 e. The van der Waals surface area contributed by atoms with Crippen LogP contribution < -0.4 is 0 Å². The van der Waals surface area contributed by atoms with E-state index in [0.29, 0.717) is 0 Å². The van der Waals surface area contributed by atoms with Crippen LogP contribution in [0.4, 0.5) is 0 Å². The van der Waals surface area contributed by atoms with Crippen LogP contribution >= 0.6 is 12.2 Å². The summed E-state index contributed by atoms with van der Waals surface area (Å²) < 4.78 is 0. The van der Waals surface area contributed by atoms with Crippen molar-refractivity contribution in [3.63, 3.8) is 0 Å². The minimum atomic E-state index is 0.794. The maximum absolute atomic E-state index is 5.22. The zero-order valence-electron chi connectivity index (χ0n) is 8.63. The van der Waals surface area contributed by atoms with Crippen molar-refractivity contribution in [3.05, 3.63) is 35.9 Å². The number of thiocarbonyl (C=S) groups is 1. The predicted molar refractivity (Wildman–Crippen MR) is 66.0 cm³/mol. The van der Waals surface area contributed by atoms with Crippen LogP contribution in [0.5, 0.6) is 0 Å². The molecule has 0 saturated carbocycles. The largest absolute Gasteiger partial charge is 0.349 e. The Morgan fingerprint density at radius 2 is 2.00 bits per heavy atom. The third-order valence-corrected chi connectivity index (χ3v) is 2.86. The lowest BCUT2D eigenvalue weighted by molar-refractivity contribution is 0.503. The highest BCUT2D eigenvalue weighted by Gasteiger charge is 2.20. The second kappa shape index (κ2) is 4.40. The van der Waals surface area contributed by atoms with E-state index in [1.54, 1.807) is 0 Å². The molecule has 0 aromatic heterocycles. The summed E-state index contributed by atoms with van der Waals surface area (Å²) >= 11 is 5.22. The lowest BCUT2D eigenvalue weighted by Gasteiger charge is -2.12. The molecule has 4 heteroatoms. The van der Waals surface area contributed by atoms with E-state index in [4.69, 9.17) is 12.2 Å². The van der Waals surface area contributed by atoms with Gasteiger partial charge in [0.05, 0.1) is 12.8 Å². The van der Waals surface area contributed by atoms with Gasteiger partial charge < -0.3 is 4.90 Å². The fourth-order valence-corrected chi connectivity index (χ4v) is 1.65. The lowest BCUT2D eigenvalue weighted by Crippen LogP contribution is -2.25. The highest BCUT2D eigenvalue weighted by molar-refractivity contribution is 7.80. The Bertz CT molecular complexity index is 375. The first kappa shape index (κ1) is 10.1. The molecular formula is C11H13N3S. The van der Waals surface area contributed by atoms with Gasteiger partial charge in [0.25, 0.3) is 0 Å². The number of likely N-dealkylation sites (N-methyl/N-ethyl adjacent to an activating group) is 1. The molecule has 0 atom stereocenters. The molecule has 0 radical (unpaired) electrons. The van der Waals surface area contributed by atoms with Gasteiger partial charge in [0, 0.05) is 13.6 Å². The Labute approximate surface area is 95.0 Å². The Kier molecular flexibility index (Phi) is 2.97. The van der Waals surface area contributed by atoms with E-state index in [1.807, 2.05) is 53.5 Å². The first-order valence-corrected chi connectivity index (χ1v) is 5.30. The molecule has 0 spiro atoms. The normalized spacial score (nSPS) is 16.7. The van der Waals surface area contributed by atoms with Crippen LogP contribution in [0.1, 0.15) is 5.56 Å². The standard InChI is InChI=1S/C11H13N3S/c1-13-7-8-14(11(13)15)12-9-10-5-3-2-4-6-10/h2-6,9H,7-8H2,1H3/b12-9+. The van der Waals surface area contributed by atoms with Gasteiger partial charge in [-0.1, -0.05) is 30.3 Å². The van der Waals surface area contributed by atoms with Crippen molar-refractivity contribution in [2.24, 2.45) is 5.10 Å². The van der Waals surface area contributed by atoms with Gasteiger partial charge in [0.15, 0.2) is 5.11 Å². The van der Waals surface area contributed by atoms with Gasteiger partial charge >= 0.3 is 0 Å². The van der Waals surface area contributed by atoms with E-state index >= 15 is 0 Å². The van der Waals surface area contributed by atoms with Crippen molar-refractivity contribution in [2.75, 3.05) is 20.1 Å². The van der Waals surface area contributed by atoms with Crippen LogP contribution in [-0.4, -0.2) is 41.4 Å². The van der Waals surface area contributed by atoms with Crippen molar-refractivity contribution >= 4 is 23.5 Å². The molecule has 78 valence electrons. The quantitative estimate of drug-likeness (QED) is 0.555. The summed E-state index contributed by atoms with van der Waals surface area (Å²) in [6.45, 7) is 1.82. The Morgan fingerprint density at radius 1 is 1.27 bits per heavy atom. The second-order valence-electron chi connectivity index (χ2n) is 3.48. The number of hydrogen-bond donors (Lipinski definition) is 0. The minimum Gasteiger partial charge on any atom is -0.349 e. The van der Waals surface area contributed by atoms with Gasteiger partial charge in [-0.3, -0.25) is 0 Å². The molecule has 0 amide bonds. The summed E-state index contributed by atoms with van der Waals surface area (Å²) in [7, 11) is 1.99. The molecule has 0 N–H and O–H groups in total. The first-order valence-electron chi connectivity index (χ1n) is 4.89. The van der Waals surface area contributed by atoms with E-state index in [2.05, 4.69) is 5.10 Å². The Balaban J connectivity index is 2.04. The lowest BCUT2D eigenvalue weighted by atomic mass is 10.2. The maximum atomic E-state index is 5.22. The fraction of sp³-hybridized carbons (Fsp3) is 0.273. The van der Waals surface area contributed by atoms with Crippen LogP contribution in [-0.2, 0) is 0 Å². The van der Waals surface area contributed by atoms with Crippen molar-refractivity contribution in [1.82, 2.24) is 9.91 Å². The van der Waals surface area contributed by atoms with E-state index in [-0.39, 0.29) is 0 Å². The van der Waals surface area contributed by atoms with Gasteiger partial charge in [0.1, 0.15) is 0 Å². The molecule has 0 bridgehead atoms. The topological polar surface area (TPSA) is 18.8 Å². The summed E-state index contributed by atoms with van der Waals surface area (Å²) in [5.74, 6) is 0. The summed E-state index contributed by atoms with van der Waals surface area (Å²) in [6, 6.07) is 10.0. The fourth-order valence-electron chi connectivity index (χ4n) is 1.42. The van der Waals surface area contributed by atoms with Gasteiger partial charge in [-0.05, 0) is 17.8 Å². The minimum absolute atomic E-state index is 0.794. The second-order valence-corrected chi connectivity index (χ2v) is 3.85. The number of hydrogen-bond acceptors (Lipinski definition) is 2. The summed E-state index contributed by atoms with van der Waals surface area (Å²) in [5, 5.41) is 6.99. The molecule has 1 aromatic carbocycles. The van der Waals surface area contributed by atoms with Crippen LogP contribution in [0.3, 0.4) is 0 Å². The molecule has 1 aromatic rings. The van der Waals surface area contributed by atoms with Crippen molar-refractivity contribution in [3.8, 4) is 0 Å². The van der Waals surface area contributed by atoms with Crippen LogP contribution in [0.2, 0.25) is 0 Å². The molecule has 15 heavy (non-hydrogen) atoms. The Hall–Kier alpha value is -1.42.